The van der Waals surface area contributed by atoms with Crippen LogP contribution in [0.1, 0.15) is 18.9 Å². The highest BCUT2D eigenvalue weighted by molar-refractivity contribution is 5.50. The van der Waals surface area contributed by atoms with Gasteiger partial charge in [0.25, 0.3) is 0 Å². The Labute approximate surface area is 74.2 Å². The molecule has 0 amide bonds. The molecular formula is C12H14. The van der Waals surface area contributed by atoms with E-state index in [1.54, 1.807) is 0 Å². The van der Waals surface area contributed by atoms with E-state index in [0.29, 0.717) is 0 Å². The summed E-state index contributed by atoms with van der Waals surface area (Å²) < 4.78 is 0. The van der Waals surface area contributed by atoms with Crippen LogP contribution in [-0.4, -0.2) is 0 Å². The molecule has 0 unspecified atom stereocenters. The zero-order valence-corrected chi connectivity index (χ0v) is 7.40. The topological polar surface area (TPSA) is 0 Å². The van der Waals surface area contributed by atoms with Gasteiger partial charge in [-0.25, -0.2) is 0 Å². The Bertz CT molecular complexity index is 255. The molecule has 0 radical (unpaired) electrons. The van der Waals surface area contributed by atoms with Crippen LogP contribution >= 0.6 is 0 Å². The zero-order valence-electron chi connectivity index (χ0n) is 7.40. The Morgan fingerprint density at radius 1 is 1.08 bits per heavy atom. The molecule has 0 atom stereocenters. The Balaban J connectivity index is 2.52. The van der Waals surface area contributed by atoms with Gasteiger partial charge in [0.1, 0.15) is 0 Å². The first-order valence-electron chi connectivity index (χ1n) is 4.31. The molecule has 1 aromatic rings. The monoisotopic (exact) mass is 158 g/mol. The van der Waals surface area contributed by atoms with Crippen LogP contribution < -0.4 is 0 Å². The Kier molecular flexibility index (Phi) is 3.93. The summed E-state index contributed by atoms with van der Waals surface area (Å²) in [5, 5.41) is 0. The maximum Gasteiger partial charge on any atom is -0.0257 e. The maximum absolute atomic E-state index is 2.14. The number of allylic oxidation sites excluding steroid dienone is 3. The van der Waals surface area contributed by atoms with Crippen molar-refractivity contribution in [2.45, 2.75) is 13.3 Å². The summed E-state index contributed by atoms with van der Waals surface area (Å²) >= 11 is 0. The minimum Gasteiger partial charge on any atom is -0.0848 e. The van der Waals surface area contributed by atoms with Gasteiger partial charge in [-0.15, -0.1) is 0 Å². The molecule has 1 rings (SSSR count). The van der Waals surface area contributed by atoms with Gasteiger partial charge in [-0.3, -0.25) is 0 Å². The van der Waals surface area contributed by atoms with Gasteiger partial charge in [-0.05, 0) is 12.0 Å². The SMILES string of the molecule is CC/C=C\C=C\c1ccccc1. The van der Waals surface area contributed by atoms with Crippen LogP contribution in [0.5, 0.6) is 0 Å². The third kappa shape index (κ3) is 3.20. The van der Waals surface area contributed by atoms with Crippen molar-refractivity contribution in [2.24, 2.45) is 0 Å². The van der Waals surface area contributed by atoms with E-state index < -0.39 is 0 Å². The first kappa shape index (κ1) is 8.79. The molecule has 0 aliphatic rings. The molecule has 0 aromatic heterocycles. The van der Waals surface area contributed by atoms with E-state index in [0.717, 1.165) is 6.42 Å². The van der Waals surface area contributed by atoms with Crippen LogP contribution in [0, 0.1) is 0 Å². The Morgan fingerprint density at radius 3 is 2.50 bits per heavy atom. The third-order valence-electron chi connectivity index (χ3n) is 1.57. The van der Waals surface area contributed by atoms with E-state index in [-0.39, 0.29) is 0 Å². The normalized spacial score (nSPS) is 11.4. The van der Waals surface area contributed by atoms with Gasteiger partial charge in [-0.2, -0.15) is 0 Å². The molecule has 0 aliphatic heterocycles. The summed E-state index contributed by atoms with van der Waals surface area (Å²) in [6, 6.07) is 10.3. The number of hydrogen-bond donors (Lipinski definition) is 0. The molecular weight excluding hydrogens is 144 g/mol. The average Bonchev–Trinajstić information content (AvgIpc) is 2.14. The average molecular weight is 158 g/mol. The second-order valence-corrected chi connectivity index (χ2v) is 2.61. The molecule has 0 heterocycles. The van der Waals surface area contributed by atoms with Gasteiger partial charge < -0.3 is 0 Å². The highest BCUT2D eigenvalue weighted by Gasteiger charge is 1.78. The molecule has 0 heteroatoms. The first-order chi connectivity index (χ1) is 5.93. The van der Waals surface area contributed by atoms with E-state index in [9.17, 15) is 0 Å². The van der Waals surface area contributed by atoms with Crippen LogP contribution in [0.25, 0.3) is 6.08 Å². The van der Waals surface area contributed by atoms with Crippen LogP contribution in [0.4, 0.5) is 0 Å². The number of hydrogen-bond acceptors (Lipinski definition) is 0. The number of benzene rings is 1. The minimum absolute atomic E-state index is 1.10. The summed E-state index contributed by atoms with van der Waals surface area (Å²) in [7, 11) is 0. The minimum atomic E-state index is 1.10. The quantitative estimate of drug-likeness (QED) is 0.589. The standard InChI is InChI=1S/C12H14/c1-2-3-4-6-9-12-10-7-5-8-11-12/h3-11H,2H2,1H3/b4-3-,9-6+. The van der Waals surface area contributed by atoms with Gasteiger partial charge >= 0.3 is 0 Å². The molecule has 0 N–H and O–H groups in total. The zero-order chi connectivity index (χ0) is 8.65. The number of rotatable bonds is 3. The molecule has 0 aliphatic carbocycles. The fourth-order valence-electron chi connectivity index (χ4n) is 0.945. The Morgan fingerprint density at radius 2 is 1.83 bits per heavy atom. The molecule has 0 bridgehead atoms. The van der Waals surface area contributed by atoms with E-state index >= 15 is 0 Å². The fourth-order valence-corrected chi connectivity index (χ4v) is 0.945. The summed E-state index contributed by atoms with van der Waals surface area (Å²) in [5.74, 6) is 0. The second kappa shape index (κ2) is 5.36. The molecule has 1 aromatic carbocycles. The molecule has 62 valence electrons. The molecule has 0 saturated carbocycles. The Hall–Kier alpha value is -1.30. The van der Waals surface area contributed by atoms with Gasteiger partial charge in [0.15, 0.2) is 0 Å². The van der Waals surface area contributed by atoms with Gasteiger partial charge in [0, 0.05) is 0 Å². The van der Waals surface area contributed by atoms with Crippen LogP contribution in [0.15, 0.2) is 48.6 Å². The largest absolute Gasteiger partial charge is 0.0848 e. The lowest BCUT2D eigenvalue weighted by Crippen LogP contribution is -1.66. The van der Waals surface area contributed by atoms with Crippen molar-refractivity contribution in [2.75, 3.05) is 0 Å². The highest BCUT2D eigenvalue weighted by Crippen LogP contribution is 2.00. The molecule has 0 fully saturated rings. The van der Waals surface area contributed by atoms with Crippen LogP contribution in [0.2, 0.25) is 0 Å². The lowest BCUT2D eigenvalue weighted by molar-refractivity contribution is 1.22. The van der Waals surface area contributed by atoms with E-state index in [2.05, 4.69) is 43.4 Å². The van der Waals surface area contributed by atoms with Crippen LogP contribution in [0.3, 0.4) is 0 Å². The summed E-state index contributed by atoms with van der Waals surface area (Å²) in [5.41, 5.74) is 1.25. The van der Waals surface area contributed by atoms with Gasteiger partial charge in [-0.1, -0.05) is 61.6 Å². The predicted octanol–water partition coefficient (Wildman–Crippen LogP) is 3.67. The highest BCUT2D eigenvalue weighted by atomic mass is 13.8. The fraction of sp³-hybridized carbons (Fsp3) is 0.167. The van der Waals surface area contributed by atoms with Crippen molar-refractivity contribution in [1.82, 2.24) is 0 Å². The summed E-state index contributed by atoms with van der Waals surface area (Å²) in [6.45, 7) is 2.13. The second-order valence-electron chi connectivity index (χ2n) is 2.61. The smallest absolute Gasteiger partial charge is 0.0257 e. The van der Waals surface area contributed by atoms with E-state index in [4.69, 9.17) is 0 Å². The first-order valence-corrected chi connectivity index (χ1v) is 4.31. The van der Waals surface area contributed by atoms with Crippen LogP contribution in [-0.2, 0) is 0 Å². The summed E-state index contributed by atoms with van der Waals surface area (Å²) in [4.78, 5) is 0. The van der Waals surface area contributed by atoms with E-state index in [1.807, 2.05) is 18.2 Å². The van der Waals surface area contributed by atoms with Crippen molar-refractivity contribution in [1.29, 1.82) is 0 Å². The lowest BCUT2D eigenvalue weighted by atomic mass is 10.2. The van der Waals surface area contributed by atoms with Crippen molar-refractivity contribution in [3.05, 3.63) is 54.1 Å². The third-order valence-corrected chi connectivity index (χ3v) is 1.57. The van der Waals surface area contributed by atoms with Crippen molar-refractivity contribution < 1.29 is 0 Å². The summed E-state index contributed by atoms with van der Waals surface area (Å²) in [6.07, 6.45) is 9.48. The van der Waals surface area contributed by atoms with Gasteiger partial charge in [0.05, 0.1) is 0 Å². The van der Waals surface area contributed by atoms with Crippen molar-refractivity contribution >= 4 is 6.08 Å². The molecule has 0 spiro atoms. The maximum atomic E-state index is 2.14. The van der Waals surface area contributed by atoms with Crippen molar-refractivity contribution in [3.63, 3.8) is 0 Å². The van der Waals surface area contributed by atoms with Gasteiger partial charge in [0.2, 0.25) is 0 Å². The predicted molar refractivity (Wildman–Crippen MR) is 54.9 cm³/mol. The molecule has 0 saturated heterocycles. The van der Waals surface area contributed by atoms with E-state index in [1.165, 1.54) is 5.56 Å². The molecule has 0 nitrogen and oxygen atoms in total. The van der Waals surface area contributed by atoms with Crippen molar-refractivity contribution in [3.8, 4) is 0 Å². The lowest BCUT2D eigenvalue weighted by Gasteiger charge is -1.87. The molecule has 12 heavy (non-hydrogen) atoms.